The van der Waals surface area contributed by atoms with E-state index in [2.05, 4.69) is 21.2 Å². The highest BCUT2D eigenvalue weighted by atomic mass is 79.9. The van der Waals surface area contributed by atoms with Gasteiger partial charge in [-0.3, -0.25) is 9.59 Å². The monoisotopic (exact) mass is 359 g/mol. The van der Waals surface area contributed by atoms with Crippen molar-refractivity contribution >= 4 is 39.6 Å². The van der Waals surface area contributed by atoms with E-state index in [1.165, 1.54) is 11.8 Å². The van der Waals surface area contributed by atoms with Gasteiger partial charge in [-0.05, 0) is 18.2 Å². The number of carbonyl (C=O) groups is 2. The zero-order chi connectivity index (χ0) is 14.7. The molecule has 1 aromatic rings. The van der Waals surface area contributed by atoms with E-state index >= 15 is 0 Å². The zero-order valence-corrected chi connectivity index (χ0v) is 12.9. The van der Waals surface area contributed by atoms with Gasteiger partial charge in [0.25, 0.3) is 0 Å². The van der Waals surface area contributed by atoms with Crippen LogP contribution in [-0.4, -0.2) is 40.0 Å². The van der Waals surface area contributed by atoms with Gasteiger partial charge in [0, 0.05) is 27.1 Å². The molecule has 1 aliphatic rings. The van der Waals surface area contributed by atoms with Crippen LogP contribution in [0.3, 0.4) is 0 Å². The van der Waals surface area contributed by atoms with Crippen LogP contribution >= 0.6 is 27.7 Å². The summed E-state index contributed by atoms with van der Waals surface area (Å²) < 4.78 is 0.943. The van der Waals surface area contributed by atoms with E-state index in [0.29, 0.717) is 6.54 Å². The van der Waals surface area contributed by atoms with Gasteiger partial charge in [0.1, 0.15) is 6.04 Å². The molecule has 20 heavy (non-hydrogen) atoms. The van der Waals surface area contributed by atoms with Gasteiger partial charge in [-0.2, -0.15) is 0 Å². The quantitative estimate of drug-likeness (QED) is 0.745. The van der Waals surface area contributed by atoms with Crippen molar-refractivity contribution in [3.05, 3.63) is 28.7 Å². The number of nitrogens with one attached hydrogen (secondary N) is 1. The summed E-state index contributed by atoms with van der Waals surface area (Å²) in [5, 5.41) is 20.9. The normalized spacial score (nSPS) is 25.6. The first kappa shape index (κ1) is 15.3. The third-order valence-corrected chi connectivity index (χ3v) is 5.04. The smallest absolute Gasteiger partial charge is 0.321 e. The van der Waals surface area contributed by atoms with E-state index in [1.807, 2.05) is 24.3 Å². The molecule has 0 unspecified atom stereocenters. The standard InChI is InChI=1S/C13H14BrNO4S/c14-7-2-1-3-8(4-7)20-10-6-15-12(13(18)19)9(10)5-11(16)17/h1-4,9-10,12,15H,5-6H2,(H,16,17)(H,18,19)/t9-,10-,12-/m0/s1. The first-order chi connectivity index (χ1) is 9.47. The molecule has 2 rings (SSSR count). The van der Waals surface area contributed by atoms with Crippen LogP contribution in [0.5, 0.6) is 0 Å². The van der Waals surface area contributed by atoms with E-state index in [0.717, 1.165) is 9.37 Å². The van der Waals surface area contributed by atoms with Crippen molar-refractivity contribution in [3.63, 3.8) is 0 Å². The van der Waals surface area contributed by atoms with Crippen molar-refractivity contribution in [1.82, 2.24) is 5.32 Å². The molecule has 0 aliphatic carbocycles. The second kappa shape index (κ2) is 6.60. The highest BCUT2D eigenvalue weighted by Gasteiger charge is 2.41. The van der Waals surface area contributed by atoms with Gasteiger partial charge < -0.3 is 15.5 Å². The van der Waals surface area contributed by atoms with Gasteiger partial charge in [-0.1, -0.05) is 22.0 Å². The second-order valence-corrected chi connectivity index (χ2v) is 6.83. The number of benzene rings is 1. The number of hydrogen-bond acceptors (Lipinski definition) is 4. The molecule has 0 amide bonds. The fraction of sp³-hybridized carbons (Fsp3) is 0.385. The Hall–Kier alpha value is -1.05. The largest absolute Gasteiger partial charge is 0.481 e. The maximum atomic E-state index is 11.2. The summed E-state index contributed by atoms with van der Waals surface area (Å²) >= 11 is 4.90. The second-order valence-electron chi connectivity index (χ2n) is 4.60. The predicted molar refractivity (Wildman–Crippen MR) is 79.0 cm³/mol. The maximum absolute atomic E-state index is 11.2. The summed E-state index contributed by atoms with van der Waals surface area (Å²) in [6.07, 6.45) is -0.143. The molecule has 1 aromatic carbocycles. The number of aliphatic carboxylic acids is 2. The maximum Gasteiger partial charge on any atom is 0.321 e. The molecule has 3 N–H and O–H groups in total. The molecule has 1 aliphatic heterocycles. The number of hydrogen-bond donors (Lipinski definition) is 3. The van der Waals surface area contributed by atoms with Crippen LogP contribution in [-0.2, 0) is 9.59 Å². The molecular weight excluding hydrogens is 346 g/mol. The molecular formula is C13H14BrNO4S. The zero-order valence-electron chi connectivity index (χ0n) is 10.5. The summed E-state index contributed by atoms with van der Waals surface area (Å²) in [6.45, 7) is 0.492. The number of rotatable bonds is 5. The first-order valence-electron chi connectivity index (χ1n) is 6.07. The van der Waals surface area contributed by atoms with Gasteiger partial charge in [-0.25, -0.2) is 0 Å². The van der Waals surface area contributed by atoms with Crippen molar-refractivity contribution in [1.29, 1.82) is 0 Å². The van der Waals surface area contributed by atoms with E-state index < -0.39 is 23.9 Å². The van der Waals surface area contributed by atoms with E-state index in [1.54, 1.807) is 0 Å². The third-order valence-electron chi connectivity index (χ3n) is 3.20. The lowest BCUT2D eigenvalue weighted by molar-refractivity contribution is -0.141. The lowest BCUT2D eigenvalue weighted by atomic mass is 9.96. The fourth-order valence-electron chi connectivity index (χ4n) is 2.33. The van der Waals surface area contributed by atoms with Crippen LogP contribution in [0.1, 0.15) is 6.42 Å². The van der Waals surface area contributed by atoms with Crippen molar-refractivity contribution in [2.24, 2.45) is 5.92 Å². The van der Waals surface area contributed by atoms with Crippen LogP contribution in [0.4, 0.5) is 0 Å². The summed E-state index contributed by atoms with van der Waals surface area (Å²) in [7, 11) is 0. The minimum Gasteiger partial charge on any atom is -0.481 e. The highest BCUT2D eigenvalue weighted by molar-refractivity contribution is 9.10. The fourth-order valence-corrected chi connectivity index (χ4v) is 4.19. The van der Waals surface area contributed by atoms with E-state index in [4.69, 9.17) is 10.2 Å². The van der Waals surface area contributed by atoms with Crippen molar-refractivity contribution in [2.75, 3.05) is 6.54 Å². The van der Waals surface area contributed by atoms with Gasteiger partial charge >= 0.3 is 11.9 Å². The Morgan fingerprint density at radius 3 is 2.75 bits per heavy atom. The SMILES string of the molecule is O=C(O)C[C@H]1[C@@H](Sc2cccc(Br)c2)CN[C@@H]1C(=O)O. The molecule has 108 valence electrons. The van der Waals surface area contributed by atoms with Crippen molar-refractivity contribution < 1.29 is 19.8 Å². The number of halogens is 1. The summed E-state index contributed by atoms with van der Waals surface area (Å²) in [5.41, 5.74) is 0. The molecule has 0 spiro atoms. The molecule has 1 saturated heterocycles. The van der Waals surface area contributed by atoms with Crippen molar-refractivity contribution in [3.8, 4) is 0 Å². The summed E-state index contributed by atoms with van der Waals surface area (Å²) in [4.78, 5) is 23.1. The minimum atomic E-state index is -0.992. The Labute approximate surface area is 128 Å². The lowest BCUT2D eigenvalue weighted by Crippen LogP contribution is -2.37. The molecule has 1 fully saturated rings. The predicted octanol–water partition coefficient (Wildman–Crippen LogP) is 2.06. The van der Waals surface area contributed by atoms with E-state index in [9.17, 15) is 9.59 Å². The van der Waals surface area contributed by atoms with Gasteiger partial charge in [0.2, 0.25) is 0 Å². The lowest BCUT2D eigenvalue weighted by Gasteiger charge is -2.19. The van der Waals surface area contributed by atoms with Crippen molar-refractivity contribution in [2.45, 2.75) is 22.6 Å². The molecule has 5 nitrogen and oxygen atoms in total. The van der Waals surface area contributed by atoms with Gasteiger partial charge in [0.05, 0.1) is 6.42 Å². The number of thioether (sulfide) groups is 1. The Balaban J connectivity index is 2.13. The van der Waals surface area contributed by atoms with E-state index in [-0.39, 0.29) is 11.7 Å². The summed E-state index contributed by atoms with van der Waals surface area (Å²) in [6, 6.07) is 6.88. The highest BCUT2D eigenvalue weighted by Crippen LogP contribution is 2.35. The Bertz CT molecular complexity index is 525. The van der Waals surface area contributed by atoms with Gasteiger partial charge in [0.15, 0.2) is 0 Å². The minimum absolute atomic E-state index is 0.0681. The Kier molecular flexibility index (Phi) is 5.06. The average molecular weight is 360 g/mol. The first-order valence-corrected chi connectivity index (χ1v) is 7.75. The Morgan fingerprint density at radius 2 is 2.15 bits per heavy atom. The molecule has 0 aromatic heterocycles. The number of carboxylic acid groups (broad SMARTS) is 2. The molecule has 1 heterocycles. The molecule has 3 atom stereocenters. The third kappa shape index (κ3) is 3.74. The average Bonchev–Trinajstić information content (AvgIpc) is 2.72. The van der Waals surface area contributed by atoms with Crippen LogP contribution in [0.15, 0.2) is 33.6 Å². The topological polar surface area (TPSA) is 86.6 Å². The van der Waals surface area contributed by atoms with Crippen LogP contribution in [0, 0.1) is 5.92 Å². The van der Waals surface area contributed by atoms with Crippen LogP contribution < -0.4 is 5.32 Å². The Morgan fingerprint density at radius 1 is 1.40 bits per heavy atom. The van der Waals surface area contributed by atoms with Gasteiger partial charge in [-0.15, -0.1) is 11.8 Å². The van der Waals surface area contributed by atoms with Crippen LogP contribution in [0.2, 0.25) is 0 Å². The molecule has 0 saturated carbocycles. The molecule has 0 radical (unpaired) electrons. The number of carboxylic acids is 2. The van der Waals surface area contributed by atoms with Crippen LogP contribution in [0.25, 0.3) is 0 Å². The molecule has 0 bridgehead atoms. The molecule has 7 heteroatoms. The summed E-state index contributed by atoms with van der Waals surface area (Å²) in [5.74, 6) is -2.38.